The molecule has 0 spiro atoms. The van der Waals surface area contributed by atoms with Gasteiger partial charge in [-0.2, -0.15) is 0 Å². The first-order valence-corrected chi connectivity index (χ1v) is 5.57. The number of thiol groups is 1. The molecular formula is C7H16S2. The van der Waals surface area contributed by atoms with Crippen molar-refractivity contribution in [1.82, 2.24) is 0 Å². The van der Waals surface area contributed by atoms with E-state index in [1.54, 1.807) is 10.8 Å². The van der Waals surface area contributed by atoms with E-state index in [1.807, 2.05) is 0 Å². The second kappa shape index (κ2) is 6.81. The van der Waals surface area contributed by atoms with Crippen LogP contribution in [0.5, 0.6) is 0 Å². The van der Waals surface area contributed by atoms with Gasteiger partial charge in [0.15, 0.2) is 0 Å². The maximum absolute atomic E-state index is 4.06. The molecule has 0 amide bonds. The molecule has 0 saturated carbocycles. The number of hydrogen-bond acceptors (Lipinski definition) is 2. The van der Waals surface area contributed by atoms with E-state index in [0.29, 0.717) is 0 Å². The average Bonchev–Trinajstić information content (AvgIpc) is 1.80. The zero-order valence-electron chi connectivity index (χ0n) is 6.26. The second-order valence-corrected chi connectivity index (χ2v) is 4.16. The normalized spacial score (nSPS) is 10.7. The van der Waals surface area contributed by atoms with Crippen LogP contribution in [0, 0.1) is 5.92 Å². The molecule has 0 aromatic rings. The Kier molecular flexibility index (Phi) is 7.34. The van der Waals surface area contributed by atoms with E-state index < -0.39 is 0 Å². The fourth-order valence-corrected chi connectivity index (χ4v) is 1.44. The molecule has 0 aromatic carbocycles. The van der Waals surface area contributed by atoms with E-state index in [9.17, 15) is 0 Å². The van der Waals surface area contributed by atoms with Gasteiger partial charge in [0.25, 0.3) is 0 Å². The third-order valence-electron chi connectivity index (χ3n) is 1.27. The SMILES string of the molecule is CC(C)CCCCSS. The summed E-state index contributed by atoms with van der Waals surface area (Å²) in [5.74, 6) is 2.07. The van der Waals surface area contributed by atoms with Crippen LogP contribution in [0.3, 0.4) is 0 Å². The fourth-order valence-electron chi connectivity index (χ4n) is 0.719. The maximum Gasteiger partial charge on any atom is 0.00345 e. The predicted octanol–water partition coefficient (Wildman–Crippen LogP) is 3.39. The highest BCUT2D eigenvalue weighted by Gasteiger charge is 1.92. The maximum atomic E-state index is 4.06. The lowest BCUT2D eigenvalue weighted by molar-refractivity contribution is 0.552. The van der Waals surface area contributed by atoms with Crippen LogP contribution in [0.1, 0.15) is 33.1 Å². The molecule has 0 radical (unpaired) electrons. The van der Waals surface area contributed by atoms with Gasteiger partial charge in [-0.05, 0) is 12.3 Å². The van der Waals surface area contributed by atoms with E-state index in [1.165, 1.54) is 25.0 Å². The Bertz CT molecular complexity index is 52.9. The van der Waals surface area contributed by atoms with Gasteiger partial charge in [-0.25, -0.2) is 0 Å². The van der Waals surface area contributed by atoms with Crippen molar-refractivity contribution in [2.75, 3.05) is 5.75 Å². The topological polar surface area (TPSA) is 0 Å². The molecule has 56 valence electrons. The van der Waals surface area contributed by atoms with Crippen molar-refractivity contribution in [3.8, 4) is 0 Å². The second-order valence-electron chi connectivity index (χ2n) is 2.72. The fraction of sp³-hybridized carbons (Fsp3) is 1.00. The van der Waals surface area contributed by atoms with E-state index in [-0.39, 0.29) is 0 Å². The van der Waals surface area contributed by atoms with Gasteiger partial charge in [-0.1, -0.05) is 37.5 Å². The monoisotopic (exact) mass is 164 g/mol. The van der Waals surface area contributed by atoms with Crippen molar-refractivity contribution < 1.29 is 0 Å². The van der Waals surface area contributed by atoms with Crippen molar-refractivity contribution in [2.24, 2.45) is 5.92 Å². The number of unbranched alkanes of at least 4 members (excludes halogenated alkanes) is 1. The number of rotatable bonds is 5. The Balaban J connectivity index is 2.75. The molecule has 9 heavy (non-hydrogen) atoms. The zero-order chi connectivity index (χ0) is 7.11. The molecule has 0 aliphatic rings. The molecule has 0 bridgehead atoms. The van der Waals surface area contributed by atoms with Crippen molar-refractivity contribution in [1.29, 1.82) is 0 Å². The highest BCUT2D eigenvalue weighted by atomic mass is 33.1. The van der Waals surface area contributed by atoms with Crippen LogP contribution in [0.4, 0.5) is 0 Å². The van der Waals surface area contributed by atoms with Gasteiger partial charge in [-0.3, -0.25) is 0 Å². The van der Waals surface area contributed by atoms with Crippen LogP contribution in [0.25, 0.3) is 0 Å². The average molecular weight is 164 g/mol. The highest BCUT2D eigenvalue weighted by Crippen LogP contribution is 2.11. The van der Waals surface area contributed by atoms with Crippen LogP contribution in [0.2, 0.25) is 0 Å². The van der Waals surface area contributed by atoms with Crippen LogP contribution < -0.4 is 0 Å². The van der Waals surface area contributed by atoms with Crippen molar-refractivity contribution in [3.63, 3.8) is 0 Å². The van der Waals surface area contributed by atoms with Crippen LogP contribution in [-0.4, -0.2) is 5.75 Å². The van der Waals surface area contributed by atoms with Gasteiger partial charge in [0.05, 0.1) is 0 Å². The summed E-state index contributed by atoms with van der Waals surface area (Å²) in [6.45, 7) is 4.54. The molecule has 0 N–H and O–H groups in total. The summed E-state index contributed by atoms with van der Waals surface area (Å²) >= 11 is 4.06. The molecule has 0 atom stereocenters. The summed E-state index contributed by atoms with van der Waals surface area (Å²) in [5, 5.41) is 0. The van der Waals surface area contributed by atoms with Gasteiger partial charge < -0.3 is 0 Å². The van der Waals surface area contributed by atoms with Gasteiger partial charge >= 0.3 is 0 Å². The minimum absolute atomic E-state index is 0.870. The summed E-state index contributed by atoms with van der Waals surface area (Å²) in [6.07, 6.45) is 4.06. The molecule has 0 saturated heterocycles. The Morgan fingerprint density at radius 3 is 2.44 bits per heavy atom. The van der Waals surface area contributed by atoms with E-state index in [0.717, 1.165) is 5.92 Å². The molecule has 0 aromatic heterocycles. The Morgan fingerprint density at radius 1 is 1.33 bits per heavy atom. The summed E-state index contributed by atoms with van der Waals surface area (Å²) in [7, 11) is 1.65. The van der Waals surface area contributed by atoms with Crippen LogP contribution >= 0.6 is 22.5 Å². The highest BCUT2D eigenvalue weighted by molar-refractivity contribution is 8.68. The molecule has 0 rings (SSSR count). The van der Waals surface area contributed by atoms with Crippen molar-refractivity contribution >= 4 is 22.5 Å². The first-order valence-electron chi connectivity index (χ1n) is 3.53. The van der Waals surface area contributed by atoms with Gasteiger partial charge in [0.1, 0.15) is 0 Å². The molecule has 0 unspecified atom stereocenters. The van der Waals surface area contributed by atoms with Gasteiger partial charge in [-0.15, -0.1) is 11.7 Å². The van der Waals surface area contributed by atoms with Crippen molar-refractivity contribution in [3.05, 3.63) is 0 Å². The Morgan fingerprint density at radius 2 is 2.00 bits per heavy atom. The van der Waals surface area contributed by atoms with Gasteiger partial charge in [0.2, 0.25) is 0 Å². The lowest BCUT2D eigenvalue weighted by Crippen LogP contribution is -1.87. The van der Waals surface area contributed by atoms with E-state index in [4.69, 9.17) is 0 Å². The molecule has 0 aliphatic heterocycles. The molecule has 2 heteroatoms. The first-order chi connectivity index (χ1) is 4.27. The molecule has 0 aliphatic carbocycles. The van der Waals surface area contributed by atoms with Crippen LogP contribution in [-0.2, 0) is 0 Å². The zero-order valence-corrected chi connectivity index (χ0v) is 7.97. The predicted molar refractivity (Wildman–Crippen MR) is 50.1 cm³/mol. The minimum atomic E-state index is 0.870. The van der Waals surface area contributed by atoms with E-state index >= 15 is 0 Å². The first kappa shape index (κ1) is 9.70. The Hall–Kier alpha value is 0.700. The summed E-state index contributed by atoms with van der Waals surface area (Å²) in [5.41, 5.74) is 0. The molecule has 0 fully saturated rings. The Labute approximate surface area is 67.6 Å². The molecule has 0 nitrogen and oxygen atoms in total. The third-order valence-corrected chi connectivity index (χ3v) is 2.29. The van der Waals surface area contributed by atoms with E-state index in [2.05, 4.69) is 25.5 Å². The third kappa shape index (κ3) is 8.70. The van der Waals surface area contributed by atoms with Crippen LogP contribution in [0.15, 0.2) is 0 Å². The standard InChI is InChI=1S/C7H16S2/c1-7(2)5-3-4-6-9-8/h7-8H,3-6H2,1-2H3. The smallest absolute Gasteiger partial charge is 0.00345 e. The van der Waals surface area contributed by atoms with Gasteiger partial charge in [0, 0.05) is 5.75 Å². The van der Waals surface area contributed by atoms with Crippen molar-refractivity contribution in [2.45, 2.75) is 33.1 Å². The molecule has 0 heterocycles. The minimum Gasteiger partial charge on any atom is -0.111 e. The lowest BCUT2D eigenvalue weighted by atomic mass is 10.1. The lowest BCUT2D eigenvalue weighted by Gasteiger charge is -2.01. The summed E-state index contributed by atoms with van der Waals surface area (Å²) in [6, 6.07) is 0. The summed E-state index contributed by atoms with van der Waals surface area (Å²) in [4.78, 5) is 0. The summed E-state index contributed by atoms with van der Waals surface area (Å²) < 4.78 is 0. The molecular weight excluding hydrogens is 148 g/mol. The quantitative estimate of drug-likeness (QED) is 0.369. The number of hydrogen-bond donors (Lipinski definition) is 1. The largest absolute Gasteiger partial charge is 0.111 e.